The molecule has 0 radical (unpaired) electrons. The van der Waals surface area contributed by atoms with Crippen LogP contribution >= 0.6 is 0 Å². The first-order valence-electron chi connectivity index (χ1n) is 7.08. The molecule has 1 N–H and O–H groups in total. The molecule has 0 aliphatic rings. The molecule has 0 bridgehead atoms. The summed E-state index contributed by atoms with van der Waals surface area (Å²) in [6, 6.07) is 9.92. The Hall–Kier alpha value is -2.30. The highest BCUT2D eigenvalue weighted by Gasteiger charge is 2.06. The average molecular weight is 287 g/mol. The predicted octanol–water partition coefficient (Wildman–Crippen LogP) is 3.06. The summed E-state index contributed by atoms with van der Waals surface area (Å²) in [4.78, 5) is 8.20. The molecular formula is C16H21N3O2. The van der Waals surface area contributed by atoms with Gasteiger partial charge in [-0.2, -0.15) is 0 Å². The molecule has 0 aliphatic heterocycles. The lowest BCUT2D eigenvalue weighted by atomic mass is 10.2. The normalized spacial score (nSPS) is 11.8. The van der Waals surface area contributed by atoms with Gasteiger partial charge >= 0.3 is 0 Å². The van der Waals surface area contributed by atoms with Crippen LogP contribution in [0.25, 0.3) is 0 Å². The van der Waals surface area contributed by atoms with Gasteiger partial charge in [0.1, 0.15) is 24.5 Å². The fourth-order valence-corrected chi connectivity index (χ4v) is 1.80. The first-order chi connectivity index (χ1) is 10.2. The molecule has 1 unspecified atom stereocenters. The van der Waals surface area contributed by atoms with Gasteiger partial charge in [-0.1, -0.05) is 17.7 Å². The number of hydrogen-bond acceptors (Lipinski definition) is 5. The first kappa shape index (κ1) is 15.1. The lowest BCUT2D eigenvalue weighted by molar-refractivity contribution is 0.303. The Morgan fingerprint density at radius 3 is 2.62 bits per heavy atom. The summed E-state index contributed by atoms with van der Waals surface area (Å²) in [5.74, 6) is 2.17. The van der Waals surface area contributed by atoms with Gasteiger partial charge in [0, 0.05) is 6.07 Å². The molecule has 0 fully saturated rings. The predicted molar refractivity (Wildman–Crippen MR) is 83.0 cm³/mol. The molecule has 2 aromatic rings. The van der Waals surface area contributed by atoms with Gasteiger partial charge in [-0.15, -0.1) is 0 Å². The zero-order chi connectivity index (χ0) is 15.1. The van der Waals surface area contributed by atoms with Gasteiger partial charge in [0.05, 0.1) is 12.6 Å². The Morgan fingerprint density at radius 2 is 1.90 bits per heavy atom. The third-order valence-corrected chi connectivity index (χ3v) is 2.85. The smallest absolute Gasteiger partial charge is 0.218 e. The van der Waals surface area contributed by atoms with Crippen LogP contribution in [-0.4, -0.2) is 29.2 Å². The zero-order valence-corrected chi connectivity index (χ0v) is 12.7. The van der Waals surface area contributed by atoms with E-state index >= 15 is 0 Å². The third-order valence-electron chi connectivity index (χ3n) is 2.85. The van der Waals surface area contributed by atoms with Crippen LogP contribution in [0.1, 0.15) is 19.4 Å². The second-order valence-electron chi connectivity index (χ2n) is 4.84. The van der Waals surface area contributed by atoms with Crippen molar-refractivity contribution < 1.29 is 9.47 Å². The maximum absolute atomic E-state index is 5.74. The number of nitrogens with zero attached hydrogens (tertiary/aromatic N) is 2. The fourth-order valence-electron chi connectivity index (χ4n) is 1.80. The third kappa shape index (κ3) is 4.95. The topological polar surface area (TPSA) is 56.3 Å². The molecule has 1 atom stereocenters. The standard InChI is InChI=1S/C16H21N3O2/c1-4-20-16-9-15(17-11-18-16)19-13(3)10-21-14-7-5-12(2)6-8-14/h5-9,11,13H,4,10H2,1-3H3,(H,17,18,19). The molecule has 5 nitrogen and oxygen atoms in total. The molecule has 2 rings (SSSR count). The van der Waals surface area contributed by atoms with Crippen LogP contribution in [0.4, 0.5) is 5.82 Å². The molecular weight excluding hydrogens is 266 g/mol. The molecule has 1 aromatic heterocycles. The Kier molecular flexibility index (Phi) is 5.37. The van der Waals surface area contributed by atoms with E-state index in [1.54, 1.807) is 6.07 Å². The SMILES string of the molecule is CCOc1cc(NC(C)COc2ccc(C)cc2)ncn1. The van der Waals surface area contributed by atoms with Gasteiger partial charge in [0.25, 0.3) is 0 Å². The van der Waals surface area contributed by atoms with Crippen molar-refractivity contribution in [2.45, 2.75) is 26.8 Å². The summed E-state index contributed by atoms with van der Waals surface area (Å²) < 4.78 is 11.1. The highest BCUT2D eigenvalue weighted by molar-refractivity contribution is 5.38. The molecule has 5 heteroatoms. The van der Waals surface area contributed by atoms with E-state index in [0.717, 1.165) is 11.6 Å². The Balaban J connectivity index is 1.85. The van der Waals surface area contributed by atoms with Crippen LogP contribution < -0.4 is 14.8 Å². The van der Waals surface area contributed by atoms with Crippen molar-refractivity contribution in [1.29, 1.82) is 0 Å². The molecule has 0 amide bonds. The zero-order valence-electron chi connectivity index (χ0n) is 12.7. The van der Waals surface area contributed by atoms with Crippen LogP contribution in [0.2, 0.25) is 0 Å². The maximum atomic E-state index is 5.74. The minimum atomic E-state index is 0.121. The van der Waals surface area contributed by atoms with Gasteiger partial charge < -0.3 is 14.8 Å². The van der Waals surface area contributed by atoms with E-state index in [-0.39, 0.29) is 6.04 Å². The van der Waals surface area contributed by atoms with E-state index in [2.05, 4.69) is 22.2 Å². The molecule has 1 heterocycles. The second kappa shape index (κ2) is 7.47. The highest BCUT2D eigenvalue weighted by atomic mass is 16.5. The largest absolute Gasteiger partial charge is 0.491 e. The van der Waals surface area contributed by atoms with E-state index in [4.69, 9.17) is 9.47 Å². The Morgan fingerprint density at radius 1 is 1.14 bits per heavy atom. The van der Waals surface area contributed by atoms with Crippen LogP contribution in [0, 0.1) is 6.92 Å². The summed E-state index contributed by atoms with van der Waals surface area (Å²) in [5, 5.41) is 3.27. The molecule has 0 aliphatic carbocycles. The second-order valence-corrected chi connectivity index (χ2v) is 4.84. The van der Waals surface area contributed by atoms with Gasteiger partial charge in [-0.3, -0.25) is 0 Å². The summed E-state index contributed by atoms with van der Waals surface area (Å²) >= 11 is 0. The minimum Gasteiger partial charge on any atom is -0.491 e. The van der Waals surface area contributed by atoms with Crippen molar-refractivity contribution in [3.8, 4) is 11.6 Å². The fraction of sp³-hybridized carbons (Fsp3) is 0.375. The molecule has 0 saturated carbocycles. The van der Waals surface area contributed by atoms with E-state index in [1.807, 2.05) is 38.1 Å². The van der Waals surface area contributed by atoms with Crippen molar-refractivity contribution in [1.82, 2.24) is 9.97 Å². The first-order valence-corrected chi connectivity index (χ1v) is 7.08. The number of nitrogens with one attached hydrogen (secondary N) is 1. The summed E-state index contributed by atoms with van der Waals surface area (Å²) in [6.07, 6.45) is 1.49. The maximum Gasteiger partial charge on any atom is 0.218 e. The molecule has 0 spiro atoms. The lowest BCUT2D eigenvalue weighted by Crippen LogP contribution is -2.24. The summed E-state index contributed by atoms with van der Waals surface area (Å²) in [6.45, 7) is 7.16. The lowest BCUT2D eigenvalue weighted by Gasteiger charge is -2.16. The van der Waals surface area contributed by atoms with Gasteiger partial charge in [0.15, 0.2) is 0 Å². The molecule has 1 aromatic carbocycles. The van der Waals surface area contributed by atoms with Crippen LogP contribution in [0.5, 0.6) is 11.6 Å². The van der Waals surface area contributed by atoms with E-state index in [0.29, 0.717) is 19.1 Å². The monoisotopic (exact) mass is 287 g/mol. The number of benzene rings is 1. The van der Waals surface area contributed by atoms with Crippen molar-refractivity contribution in [3.63, 3.8) is 0 Å². The Labute approximate surface area is 125 Å². The molecule has 0 saturated heterocycles. The number of aryl methyl sites for hydroxylation is 1. The van der Waals surface area contributed by atoms with Gasteiger partial charge in [-0.05, 0) is 32.9 Å². The highest BCUT2D eigenvalue weighted by Crippen LogP contribution is 2.14. The van der Waals surface area contributed by atoms with Crippen LogP contribution in [0.15, 0.2) is 36.7 Å². The summed E-state index contributed by atoms with van der Waals surface area (Å²) in [7, 11) is 0. The van der Waals surface area contributed by atoms with Crippen molar-refractivity contribution in [2.24, 2.45) is 0 Å². The average Bonchev–Trinajstić information content (AvgIpc) is 2.47. The van der Waals surface area contributed by atoms with Crippen LogP contribution in [0.3, 0.4) is 0 Å². The Bertz CT molecular complexity index is 558. The van der Waals surface area contributed by atoms with Crippen molar-refractivity contribution in [3.05, 3.63) is 42.2 Å². The number of hydrogen-bond donors (Lipinski definition) is 1. The van der Waals surface area contributed by atoms with Crippen LogP contribution in [-0.2, 0) is 0 Å². The number of rotatable bonds is 7. The van der Waals surface area contributed by atoms with E-state index < -0.39 is 0 Å². The van der Waals surface area contributed by atoms with E-state index in [1.165, 1.54) is 11.9 Å². The van der Waals surface area contributed by atoms with Crippen molar-refractivity contribution in [2.75, 3.05) is 18.5 Å². The number of anilines is 1. The number of ether oxygens (including phenoxy) is 2. The van der Waals surface area contributed by atoms with E-state index in [9.17, 15) is 0 Å². The molecule has 112 valence electrons. The summed E-state index contributed by atoms with van der Waals surface area (Å²) in [5.41, 5.74) is 1.22. The minimum absolute atomic E-state index is 0.121. The number of aromatic nitrogens is 2. The van der Waals surface area contributed by atoms with Gasteiger partial charge in [0.2, 0.25) is 5.88 Å². The van der Waals surface area contributed by atoms with Crippen molar-refractivity contribution >= 4 is 5.82 Å². The van der Waals surface area contributed by atoms with Gasteiger partial charge in [-0.25, -0.2) is 9.97 Å². The molecule has 21 heavy (non-hydrogen) atoms. The quantitative estimate of drug-likeness (QED) is 0.848.